The highest BCUT2D eigenvalue weighted by molar-refractivity contribution is 5.66. The van der Waals surface area contributed by atoms with E-state index in [0.29, 0.717) is 6.42 Å². The van der Waals surface area contributed by atoms with Crippen molar-refractivity contribution in [2.45, 2.75) is 50.4 Å². The molecular weight excluding hydrogens is 433 g/mol. The van der Waals surface area contributed by atoms with Crippen LogP contribution in [0.15, 0.2) is 55.1 Å². The highest BCUT2D eigenvalue weighted by Crippen LogP contribution is 2.31. The summed E-state index contributed by atoms with van der Waals surface area (Å²) in [7, 11) is 0. The molecule has 1 aliphatic rings. The number of nitrogens with one attached hydrogen (secondary N) is 1. The van der Waals surface area contributed by atoms with Gasteiger partial charge in [-0.05, 0) is 62.9 Å². The number of halogens is 3. The Morgan fingerprint density at radius 2 is 2.03 bits per heavy atom. The summed E-state index contributed by atoms with van der Waals surface area (Å²) in [5, 5.41) is 17.5. The number of nitrogens with zero attached hydrogens (tertiary/aromatic N) is 5. The van der Waals surface area contributed by atoms with Crippen molar-refractivity contribution in [1.29, 1.82) is 0 Å². The summed E-state index contributed by atoms with van der Waals surface area (Å²) in [4.78, 5) is 8.62. The molecule has 1 aliphatic carbocycles. The predicted molar refractivity (Wildman–Crippen MR) is 117 cm³/mol. The molecule has 0 aromatic carbocycles. The second kappa shape index (κ2) is 7.87. The van der Waals surface area contributed by atoms with Crippen LogP contribution in [0.5, 0.6) is 0 Å². The summed E-state index contributed by atoms with van der Waals surface area (Å²) >= 11 is 0. The van der Waals surface area contributed by atoms with Gasteiger partial charge in [0.25, 0.3) is 0 Å². The average Bonchev–Trinajstić information content (AvgIpc) is 3.40. The number of aromatic nitrogens is 5. The topological polar surface area (TPSA) is 80.3 Å². The van der Waals surface area contributed by atoms with Crippen LogP contribution in [-0.2, 0) is 6.18 Å². The molecule has 7 nitrogen and oxygen atoms in total. The van der Waals surface area contributed by atoms with Gasteiger partial charge in [-0.3, -0.25) is 4.40 Å². The summed E-state index contributed by atoms with van der Waals surface area (Å²) in [6.07, 6.45) is 5.36. The van der Waals surface area contributed by atoms with Crippen LogP contribution >= 0.6 is 0 Å². The summed E-state index contributed by atoms with van der Waals surface area (Å²) in [5.41, 5.74) is 1.53. The van der Waals surface area contributed by atoms with Gasteiger partial charge in [0.2, 0.25) is 0 Å². The number of hydrogen-bond acceptors (Lipinski definition) is 5. The molecule has 5 rings (SSSR count). The van der Waals surface area contributed by atoms with E-state index in [1.54, 1.807) is 18.3 Å². The van der Waals surface area contributed by atoms with Crippen LogP contribution in [0.1, 0.15) is 38.3 Å². The zero-order valence-electron chi connectivity index (χ0n) is 17.9. The van der Waals surface area contributed by atoms with Gasteiger partial charge in [-0.15, -0.1) is 0 Å². The van der Waals surface area contributed by atoms with Crippen LogP contribution in [0, 0.1) is 0 Å². The van der Waals surface area contributed by atoms with Crippen molar-refractivity contribution in [3.05, 3.63) is 60.8 Å². The van der Waals surface area contributed by atoms with Gasteiger partial charge in [0, 0.05) is 30.2 Å². The molecule has 1 saturated carbocycles. The fourth-order valence-corrected chi connectivity index (χ4v) is 4.41. The predicted octanol–water partition coefficient (Wildman–Crippen LogP) is 4.71. The summed E-state index contributed by atoms with van der Waals surface area (Å²) in [6.45, 7) is 1.87. The van der Waals surface area contributed by atoms with Crippen LogP contribution in [0.3, 0.4) is 0 Å². The lowest BCUT2D eigenvalue weighted by Gasteiger charge is -2.34. The Balaban J connectivity index is 1.45. The highest BCUT2D eigenvalue weighted by atomic mass is 19.4. The van der Waals surface area contributed by atoms with Crippen LogP contribution in [0.2, 0.25) is 0 Å². The molecule has 2 N–H and O–H groups in total. The first-order chi connectivity index (χ1) is 15.7. The maximum atomic E-state index is 12.9. The van der Waals surface area contributed by atoms with Crippen molar-refractivity contribution in [2.75, 3.05) is 5.32 Å². The lowest BCUT2D eigenvalue weighted by Crippen LogP contribution is -2.38. The molecule has 10 heteroatoms. The third kappa shape index (κ3) is 4.43. The number of anilines is 1. The molecular formula is C23H23F3N6O. The summed E-state index contributed by atoms with van der Waals surface area (Å²) in [6, 6.07) is 8.40. The Bertz CT molecular complexity index is 1290. The van der Waals surface area contributed by atoms with E-state index in [9.17, 15) is 18.3 Å². The number of rotatable bonds is 4. The Morgan fingerprint density at radius 1 is 1.18 bits per heavy atom. The first kappa shape index (κ1) is 21.4. The fraction of sp³-hybridized carbons (Fsp3) is 0.348. The number of alkyl halides is 3. The summed E-state index contributed by atoms with van der Waals surface area (Å²) in [5.74, 6) is 0.275. The van der Waals surface area contributed by atoms with Gasteiger partial charge in [-0.2, -0.15) is 18.3 Å². The Hall–Kier alpha value is -3.40. The quantitative estimate of drug-likeness (QED) is 0.465. The molecule has 0 saturated heterocycles. The molecule has 4 aromatic rings. The average molecular weight is 456 g/mol. The van der Waals surface area contributed by atoms with E-state index in [0.717, 1.165) is 52.6 Å². The van der Waals surface area contributed by atoms with Crippen molar-refractivity contribution in [2.24, 2.45) is 0 Å². The van der Waals surface area contributed by atoms with Gasteiger partial charge >= 0.3 is 6.18 Å². The number of imidazole rings is 1. The SMILES string of the molecule is CC1(O)CCCC(Nc2ccc3ncc(-c4ccnc(-n5ccc(C(F)(F)F)n5)c4)n3c2)C1. The molecule has 0 aliphatic heterocycles. The number of hydrogen-bond donors (Lipinski definition) is 2. The minimum absolute atomic E-state index is 0.174. The maximum Gasteiger partial charge on any atom is 0.435 e. The number of aliphatic hydroxyl groups is 1. The van der Waals surface area contributed by atoms with Crippen LogP contribution < -0.4 is 5.32 Å². The second-order valence-corrected chi connectivity index (χ2v) is 8.77. The normalized spacial score (nSPS) is 21.4. The largest absolute Gasteiger partial charge is 0.435 e. The zero-order chi connectivity index (χ0) is 23.2. The third-order valence-corrected chi connectivity index (χ3v) is 5.99. The Morgan fingerprint density at radius 3 is 2.79 bits per heavy atom. The minimum Gasteiger partial charge on any atom is -0.390 e. The smallest absolute Gasteiger partial charge is 0.390 e. The monoisotopic (exact) mass is 456 g/mol. The molecule has 0 amide bonds. The lowest BCUT2D eigenvalue weighted by atomic mass is 9.83. The van der Waals surface area contributed by atoms with Gasteiger partial charge in [-0.25, -0.2) is 14.6 Å². The molecule has 0 spiro atoms. The molecule has 2 unspecified atom stereocenters. The maximum absolute atomic E-state index is 12.9. The lowest BCUT2D eigenvalue weighted by molar-refractivity contribution is -0.141. The zero-order valence-corrected chi connectivity index (χ0v) is 17.9. The van der Waals surface area contributed by atoms with Crippen molar-refractivity contribution >= 4 is 11.3 Å². The minimum atomic E-state index is -4.51. The number of pyridine rings is 2. The van der Waals surface area contributed by atoms with Gasteiger partial charge in [0.1, 0.15) is 5.65 Å². The van der Waals surface area contributed by atoms with Crippen molar-refractivity contribution in [3.63, 3.8) is 0 Å². The van der Waals surface area contributed by atoms with Gasteiger partial charge < -0.3 is 10.4 Å². The molecule has 1 fully saturated rings. The van der Waals surface area contributed by atoms with E-state index in [1.807, 2.05) is 29.7 Å². The molecule has 4 aromatic heterocycles. The van der Waals surface area contributed by atoms with E-state index in [2.05, 4.69) is 20.4 Å². The van der Waals surface area contributed by atoms with E-state index < -0.39 is 17.5 Å². The highest BCUT2D eigenvalue weighted by Gasteiger charge is 2.34. The molecule has 0 radical (unpaired) electrons. The molecule has 2 atom stereocenters. The van der Waals surface area contributed by atoms with E-state index in [4.69, 9.17) is 0 Å². The van der Waals surface area contributed by atoms with Crippen LogP contribution in [0.25, 0.3) is 22.7 Å². The van der Waals surface area contributed by atoms with Crippen LogP contribution in [0.4, 0.5) is 18.9 Å². The van der Waals surface area contributed by atoms with Gasteiger partial charge in [0.15, 0.2) is 11.5 Å². The first-order valence-corrected chi connectivity index (χ1v) is 10.7. The van der Waals surface area contributed by atoms with Crippen molar-refractivity contribution < 1.29 is 18.3 Å². The standard InChI is InChI=1S/C23H23F3N6O/c1-22(33)8-2-3-16(12-22)29-17-4-5-20-28-13-18(31(20)14-17)15-6-9-27-21(11-15)32-10-7-19(30-32)23(24,25)26/h4-7,9-11,13-14,16,29,33H,2-3,8,12H2,1H3. The van der Waals surface area contributed by atoms with Gasteiger partial charge in [0.05, 0.1) is 23.2 Å². The third-order valence-electron chi connectivity index (χ3n) is 5.99. The Labute approximate surface area is 187 Å². The molecule has 172 valence electrons. The molecule has 0 bridgehead atoms. The van der Waals surface area contributed by atoms with Crippen molar-refractivity contribution in [1.82, 2.24) is 24.1 Å². The second-order valence-electron chi connectivity index (χ2n) is 8.77. The van der Waals surface area contributed by atoms with E-state index in [1.165, 1.54) is 12.4 Å². The van der Waals surface area contributed by atoms with Crippen LogP contribution in [-0.4, -0.2) is 40.9 Å². The molecule has 4 heterocycles. The Kier molecular flexibility index (Phi) is 5.12. The van der Waals surface area contributed by atoms with Crippen molar-refractivity contribution in [3.8, 4) is 17.1 Å². The van der Waals surface area contributed by atoms with E-state index >= 15 is 0 Å². The first-order valence-electron chi connectivity index (χ1n) is 10.7. The van der Waals surface area contributed by atoms with Gasteiger partial charge in [-0.1, -0.05) is 0 Å². The fourth-order valence-electron chi connectivity index (χ4n) is 4.41. The summed E-state index contributed by atoms with van der Waals surface area (Å²) < 4.78 is 41.8. The number of fused-ring (bicyclic) bond motifs is 1. The molecule has 33 heavy (non-hydrogen) atoms. The van der Waals surface area contributed by atoms with E-state index in [-0.39, 0.29) is 11.9 Å².